The van der Waals surface area contributed by atoms with E-state index in [1.807, 2.05) is 23.9 Å². The van der Waals surface area contributed by atoms with E-state index in [1.54, 1.807) is 6.20 Å². The van der Waals surface area contributed by atoms with Gasteiger partial charge < -0.3 is 10.6 Å². The van der Waals surface area contributed by atoms with Gasteiger partial charge in [-0.05, 0) is 19.1 Å². The average molecular weight is 236 g/mol. The number of thioether (sulfide) groups is 1. The number of aromatic nitrogens is 1. The first-order chi connectivity index (χ1) is 7.70. The van der Waals surface area contributed by atoms with Crippen molar-refractivity contribution < 1.29 is 0 Å². The van der Waals surface area contributed by atoms with Crippen molar-refractivity contribution in [1.29, 1.82) is 5.41 Å². The highest BCUT2D eigenvalue weighted by molar-refractivity contribution is 7.99. The fourth-order valence-electron chi connectivity index (χ4n) is 1.88. The van der Waals surface area contributed by atoms with Gasteiger partial charge in [-0.1, -0.05) is 0 Å². The number of nitrogen functional groups attached to an aromatic ring is 1. The third kappa shape index (κ3) is 2.14. The molecule has 1 unspecified atom stereocenters. The molecule has 4 nitrogen and oxygen atoms in total. The van der Waals surface area contributed by atoms with Gasteiger partial charge >= 0.3 is 0 Å². The highest BCUT2D eigenvalue weighted by atomic mass is 32.2. The lowest BCUT2D eigenvalue weighted by molar-refractivity contribution is 0.689. The minimum Gasteiger partial charge on any atom is -0.384 e. The summed E-state index contributed by atoms with van der Waals surface area (Å²) in [5, 5.41) is 7.57. The Morgan fingerprint density at radius 2 is 2.50 bits per heavy atom. The van der Waals surface area contributed by atoms with Crippen molar-refractivity contribution in [3.63, 3.8) is 0 Å². The van der Waals surface area contributed by atoms with Crippen LogP contribution in [0.3, 0.4) is 0 Å². The molecule has 1 aromatic rings. The van der Waals surface area contributed by atoms with E-state index in [4.69, 9.17) is 11.1 Å². The van der Waals surface area contributed by atoms with Gasteiger partial charge in [0.05, 0.1) is 5.56 Å². The van der Waals surface area contributed by atoms with E-state index in [0.29, 0.717) is 6.04 Å². The fourth-order valence-corrected chi connectivity index (χ4v) is 2.89. The second kappa shape index (κ2) is 4.74. The van der Waals surface area contributed by atoms with E-state index < -0.39 is 0 Å². The van der Waals surface area contributed by atoms with E-state index in [1.165, 1.54) is 0 Å². The van der Waals surface area contributed by atoms with Crippen LogP contribution >= 0.6 is 11.8 Å². The van der Waals surface area contributed by atoms with E-state index >= 15 is 0 Å². The molecule has 0 aromatic carbocycles. The summed E-state index contributed by atoms with van der Waals surface area (Å²) in [4.78, 5) is 6.61. The minimum atomic E-state index is 0.0912. The molecular formula is C11H16N4S. The monoisotopic (exact) mass is 236 g/mol. The van der Waals surface area contributed by atoms with Gasteiger partial charge in [-0.3, -0.25) is 5.41 Å². The molecule has 5 heteroatoms. The number of anilines is 1. The molecule has 2 heterocycles. The van der Waals surface area contributed by atoms with Crippen molar-refractivity contribution in [2.75, 3.05) is 23.0 Å². The summed E-state index contributed by atoms with van der Waals surface area (Å²) >= 11 is 1.96. The second-order valence-electron chi connectivity index (χ2n) is 3.91. The van der Waals surface area contributed by atoms with Gasteiger partial charge in [-0.25, -0.2) is 4.98 Å². The predicted octanol–water partition coefficient (Wildman–Crippen LogP) is 1.31. The molecule has 1 atom stereocenters. The summed E-state index contributed by atoms with van der Waals surface area (Å²) in [7, 11) is 0. The molecule has 0 aliphatic carbocycles. The van der Waals surface area contributed by atoms with Gasteiger partial charge in [0.15, 0.2) is 0 Å². The lowest BCUT2D eigenvalue weighted by atomic mass is 10.2. The maximum Gasteiger partial charge on any atom is 0.139 e. The molecule has 86 valence electrons. The van der Waals surface area contributed by atoms with Crippen molar-refractivity contribution >= 4 is 23.4 Å². The molecule has 16 heavy (non-hydrogen) atoms. The molecule has 1 aliphatic rings. The van der Waals surface area contributed by atoms with Gasteiger partial charge in [0.2, 0.25) is 0 Å². The van der Waals surface area contributed by atoms with Crippen LogP contribution in [0.5, 0.6) is 0 Å². The Bertz CT molecular complexity index is 393. The van der Waals surface area contributed by atoms with E-state index in [2.05, 4.69) is 16.8 Å². The Morgan fingerprint density at radius 3 is 3.19 bits per heavy atom. The number of nitrogens with zero attached hydrogens (tertiary/aromatic N) is 2. The third-order valence-corrected chi connectivity index (χ3v) is 3.91. The number of rotatable bonds is 2. The first-order valence-corrected chi connectivity index (χ1v) is 6.49. The molecule has 0 radical (unpaired) electrons. The van der Waals surface area contributed by atoms with E-state index in [9.17, 15) is 0 Å². The van der Waals surface area contributed by atoms with Gasteiger partial charge in [-0.15, -0.1) is 0 Å². The molecule has 1 saturated heterocycles. The Hall–Kier alpha value is -1.23. The van der Waals surface area contributed by atoms with Gasteiger partial charge in [0, 0.05) is 30.3 Å². The SMILES string of the molecule is CC1CSCCN1c1ncccc1C(=N)N. The highest BCUT2D eigenvalue weighted by Crippen LogP contribution is 2.24. The number of pyridine rings is 1. The van der Waals surface area contributed by atoms with Gasteiger partial charge in [0.1, 0.15) is 11.7 Å². The molecule has 1 aromatic heterocycles. The van der Waals surface area contributed by atoms with Crippen molar-refractivity contribution in [2.24, 2.45) is 5.73 Å². The van der Waals surface area contributed by atoms with Crippen molar-refractivity contribution in [3.05, 3.63) is 23.9 Å². The highest BCUT2D eigenvalue weighted by Gasteiger charge is 2.22. The second-order valence-corrected chi connectivity index (χ2v) is 5.06. The molecular weight excluding hydrogens is 220 g/mol. The summed E-state index contributed by atoms with van der Waals surface area (Å²) in [5.41, 5.74) is 6.32. The lowest BCUT2D eigenvalue weighted by Crippen LogP contribution is -2.42. The Kier molecular flexibility index (Phi) is 3.33. The molecule has 2 rings (SSSR count). The topological polar surface area (TPSA) is 66.0 Å². The molecule has 0 amide bonds. The molecule has 1 fully saturated rings. The Labute approximate surface area is 99.7 Å². The lowest BCUT2D eigenvalue weighted by Gasteiger charge is -2.35. The van der Waals surface area contributed by atoms with Crippen LogP contribution in [0.1, 0.15) is 12.5 Å². The average Bonchev–Trinajstić information content (AvgIpc) is 2.29. The third-order valence-electron chi connectivity index (χ3n) is 2.72. The van der Waals surface area contributed by atoms with Crippen LogP contribution in [0.25, 0.3) is 0 Å². The van der Waals surface area contributed by atoms with Crippen LogP contribution < -0.4 is 10.6 Å². The van der Waals surface area contributed by atoms with Crippen LogP contribution in [-0.2, 0) is 0 Å². The Morgan fingerprint density at radius 1 is 1.69 bits per heavy atom. The zero-order chi connectivity index (χ0) is 11.5. The molecule has 0 bridgehead atoms. The smallest absolute Gasteiger partial charge is 0.139 e. The van der Waals surface area contributed by atoms with Crippen LogP contribution in [0.15, 0.2) is 18.3 Å². The normalized spacial score (nSPS) is 20.8. The summed E-state index contributed by atoms with van der Waals surface area (Å²) in [5.74, 6) is 3.16. The van der Waals surface area contributed by atoms with Crippen molar-refractivity contribution in [2.45, 2.75) is 13.0 Å². The number of nitrogens with one attached hydrogen (secondary N) is 1. The van der Waals surface area contributed by atoms with Crippen molar-refractivity contribution in [1.82, 2.24) is 4.98 Å². The van der Waals surface area contributed by atoms with Crippen LogP contribution in [-0.4, -0.2) is 34.9 Å². The minimum absolute atomic E-state index is 0.0912. The van der Waals surface area contributed by atoms with E-state index in [-0.39, 0.29) is 5.84 Å². The number of hydrogen-bond acceptors (Lipinski definition) is 4. The van der Waals surface area contributed by atoms with Gasteiger partial charge in [0.25, 0.3) is 0 Å². The summed E-state index contributed by atoms with van der Waals surface area (Å²) < 4.78 is 0. The quantitative estimate of drug-likeness (QED) is 0.600. The number of hydrogen-bond donors (Lipinski definition) is 2. The van der Waals surface area contributed by atoms with Crippen LogP contribution in [0.4, 0.5) is 5.82 Å². The summed E-state index contributed by atoms with van der Waals surface area (Å²) in [6, 6.07) is 4.13. The summed E-state index contributed by atoms with van der Waals surface area (Å²) in [6.07, 6.45) is 1.76. The van der Waals surface area contributed by atoms with E-state index in [0.717, 1.165) is 29.4 Å². The fraction of sp³-hybridized carbons (Fsp3) is 0.455. The van der Waals surface area contributed by atoms with Crippen LogP contribution in [0.2, 0.25) is 0 Å². The largest absolute Gasteiger partial charge is 0.384 e. The molecule has 0 saturated carbocycles. The molecule has 1 aliphatic heterocycles. The van der Waals surface area contributed by atoms with Gasteiger partial charge in [-0.2, -0.15) is 11.8 Å². The summed E-state index contributed by atoms with van der Waals surface area (Å²) in [6.45, 7) is 3.16. The maximum absolute atomic E-state index is 7.57. The first-order valence-electron chi connectivity index (χ1n) is 5.34. The maximum atomic E-state index is 7.57. The molecule has 3 N–H and O–H groups in total. The van der Waals surface area contributed by atoms with Crippen molar-refractivity contribution in [3.8, 4) is 0 Å². The standard InChI is InChI=1S/C11H16N4S/c1-8-7-16-6-5-15(8)11-9(10(12)13)3-2-4-14-11/h2-4,8H,5-7H2,1H3,(H3,12,13). The zero-order valence-corrected chi connectivity index (χ0v) is 10.1. The number of amidine groups is 1. The predicted molar refractivity (Wildman–Crippen MR) is 69.4 cm³/mol. The zero-order valence-electron chi connectivity index (χ0n) is 9.31. The van der Waals surface area contributed by atoms with Crippen LogP contribution in [0, 0.1) is 5.41 Å². The number of nitrogens with two attached hydrogens (primary N) is 1. The Balaban J connectivity index is 2.34. The first kappa shape index (κ1) is 11.3. The molecule has 0 spiro atoms.